The van der Waals surface area contributed by atoms with Crippen LogP contribution in [0.4, 0.5) is 0 Å². The Morgan fingerprint density at radius 3 is 2.45 bits per heavy atom. The van der Waals surface area contributed by atoms with Crippen molar-refractivity contribution in [3.63, 3.8) is 0 Å². The molecule has 20 heavy (non-hydrogen) atoms. The van der Waals surface area contributed by atoms with Crippen molar-refractivity contribution >= 4 is 29.1 Å². The largest absolute Gasteiger partial charge is 0.388 e. The highest BCUT2D eigenvalue weighted by Crippen LogP contribution is 2.31. The number of benzene rings is 1. The van der Waals surface area contributed by atoms with Crippen LogP contribution in [-0.4, -0.2) is 23.2 Å². The minimum atomic E-state index is -0.810. The number of amides is 1. The van der Waals surface area contributed by atoms with Crippen LogP contribution >= 0.6 is 23.2 Å². The van der Waals surface area contributed by atoms with Crippen LogP contribution < -0.4 is 5.32 Å². The second-order valence-corrected chi connectivity index (χ2v) is 6.50. The van der Waals surface area contributed by atoms with Crippen molar-refractivity contribution in [1.82, 2.24) is 5.32 Å². The zero-order valence-corrected chi connectivity index (χ0v) is 13.0. The van der Waals surface area contributed by atoms with Gasteiger partial charge in [0.25, 0.3) is 5.91 Å². The van der Waals surface area contributed by atoms with Gasteiger partial charge in [0.2, 0.25) is 0 Å². The summed E-state index contributed by atoms with van der Waals surface area (Å²) in [7, 11) is 0. The molecule has 2 N–H and O–H groups in total. The van der Waals surface area contributed by atoms with E-state index in [2.05, 4.69) is 12.2 Å². The summed E-state index contributed by atoms with van der Waals surface area (Å²) in [6, 6.07) is 4.94. The quantitative estimate of drug-likeness (QED) is 0.894. The van der Waals surface area contributed by atoms with Gasteiger partial charge in [-0.1, -0.05) is 36.2 Å². The molecular formula is C15H19Cl2NO2. The highest BCUT2D eigenvalue weighted by Gasteiger charge is 2.32. The SMILES string of the molecule is CC1CCC(O)(CNC(=O)c2c(Cl)cccc2Cl)CC1. The second-order valence-electron chi connectivity index (χ2n) is 5.69. The van der Waals surface area contributed by atoms with E-state index in [1.165, 1.54) is 0 Å². The van der Waals surface area contributed by atoms with Gasteiger partial charge in [-0.2, -0.15) is 0 Å². The van der Waals surface area contributed by atoms with Crippen molar-refractivity contribution in [3.05, 3.63) is 33.8 Å². The van der Waals surface area contributed by atoms with E-state index in [4.69, 9.17) is 23.2 Å². The predicted octanol–water partition coefficient (Wildman–Crippen LogP) is 3.66. The normalized spacial score (nSPS) is 26.3. The Kier molecular flexibility index (Phi) is 4.95. The van der Waals surface area contributed by atoms with Crippen LogP contribution in [0.2, 0.25) is 10.0 Å². The molecule has 1 aliphatic carbocycles. The predicted molar refractivity (Wildman–Crippen MR) is 81.4 cm³/mol. The average molecular weight is 316 g/mol. The molecule has 5 heteroatoms. The maximum absolute atomic E-state index is 12.1. The van der Waals surface area contributed by atoms with E-state index in [-0.39, 0.29) is 18.0 Å². The second kappa shape index (κ2) is 6.33. The number of aliphatic hydroxyl groups is 1. The summed E-state index contributed by atoms with van der Waals surface area (Å²) in [5.41, 5.74) is -0.542. The van der Waals surface area contributed by atoms with Gasteiger partial charge in [0.15, 0.2) is 0 Å². The molecular weight excluding hydrogens is 297 g/mol. The number of carbonyl (C=O) groups excluding carboxylic acids is 1. The van der Waals surface area contributed by atoms with E-state index in [9.17, 15) is 9.90 Å². The Bertz CT molecular complexity index is 476. The lowest BCUT2D eigenvalue weighted by molar-refractivity contribution is -0.00539. The molecule has 1 aromatic carbocycles. The third-order valence-corrected chi connectivity index (χ3v) is 4.60. The van der Waals surface area contributed by atoms with Gasteiger partial charge in [-0.15, -0.1) is 0 Å². The molecule has 0 heterocycles. The Labute approximate surface area is 129 Å². The monoisotopic (exact) mass is 315 g/mol. The standard InChI is InChI=1S/C15H19Cl2NO2/c1-10-5-7-15(20,8-6-10)9-18-14(19)13-11(16)3-2-4-12(13)17/h2-4,10,20H,5-9H2,1H3,(H,18,19). The van der Waals surface area contributed by atoms with E-state index in [1.807, 2.05) is 0 Å². The first-order valence-corrected chi connectivity index (χ1v) is 7.61. The van der Waals surface area contributed by atoms with Crippen LogP contribution in [0.5, 0.6) is 0 Å². The zero-order chi connectivity index (χ0) is 14.8. The number of hydrogen-bond donors (Lipinski definition) is 2. The fourth-order valence-corrected chi connectivity index (χ4v) is 3.09. The third kappa shape index (κ3) is 3.66. The molecule has 0 aliphatic heterocycles. The smallest absolute Gasteiger partial charge is 0.254 e. The molecule has 0 bridgehead atoms. The molecule has 1 saturated carbocycles. The molecule has 0 aromatic heterocycles. The molecule has 1 fully saturated rings. The van der Waals surface area contributed by atoms with Crippen molar-refractivity contribution < 1.29 is 9.90 Å². The van der Waals surface area contributed by atoms with Gasteiger partial charge in [0.1, 0.15) is 0 Å². The van der Waals surface area contributed by atoms with E-state index in [0.29, 0.717) is 28.8 Å². The minimum Gasteiger partial charge on any atom is -0.388 e. The minimum absolute atomic E-state index is 0.236. The van der Waals surface area contributed by atoms with Crippen LogP contribution in [0.3, 0.4) is 0 Å². The van der Waals surface area contributed by atoms with E-state index < -0.39 is 5.60 Å². The van der Waals surface area contributed by atoms with E-state index in [1.54, 1.807) is 18.2 Å². The lowest BCUT2D eigenvalue weighted by Gasteiger charge is -2.35. The summed E-state index contributed by atoms with van der Waals surface area (Å²) < 4.78 is 0. The highest BCUT2D eigenvalue weighted by molar-refractivity contribution is 6.39. The molecule has 0 atom stereocenters. The average Bonchev–Trinajstić information content (AvgIpc) is 2.40. The highest BCUT2D eigenvalue weighted by atomic mass is 35.5. The van der Waals surface area contributed by atoms with Crippen molar-refractivity contribution in [2.45, 2.75) is 38.2 Å². The van der Waals surface area contributed by atoms with Crippen LogP contribution in [0, 0.1) is 5.92 Å². The lowest BCUT2D eigenvalue weighted by Crippen LogP contribution is -2.45. The van der Waals surface area contributed by atoms with E-state index >= 15 is 0 Å². The molecule has 3 nitrogen and oxygen atoms in total. The summed E-state index contributed by atoms with van der Waals surface area (Å²) in [6.45, 7) is 2.42. The molecule has 0 unspecified atom stereocenters. The van der Waals surface area contributed by atoms with E-state index in [0.717, 1.165) is 12.8 Å². The van der Waals surface area contributed by atoms with Crippen molar-refractivity contribution in [1.29, 1.82) is 0 Å². The Hall–Kier alpha value is -0.770. The van der Waals surface area contributed by atoms with Gasteiger partial charge >= 0.3 is 0 Å². The van der Waals surface area contributed by atoms with Crippen LogP contribution in [0.25, 0.3) is 0 Å². The number of hydrogen-bond acceptors (Lipinski definition) is 2. The van der Waals surface area contributed by atoms with Crippen LogP contribution in [0.15, 0.2) is 18.2 Å². The van der Waals surface area contributed by atoms with Crippen molar-refractivity contribution in [2.24, 2.45) is 5.92 Å². The number of carbonyl (C=O) groups is 1. The first kappa shape index (κ1) is 15.6. The molecule has 0 saturated heterocycles. The Morgan fingerprint density at radius 1 is 1.35 bits per heavy atom. The van der Waals surface area contributed by atoms with Gasteiger partial charge in [-0.05, 0) is 43.7 Å². The van der Waals surface area contributed by atoms with Gasteiger partial charge in [0.05, 0.1) is 21.2 Å². The number of nitrogens with one attached hydrogen (secondary N) is 1. The van der Waals surface area contributed by atoms with Gasteiger partial charge in [-0.3, -0.25) is 4.79 Å². The first-order valence-electron chi connectivity index (χ1n) is 6.86. The summed E-state index contributed by atoms with van der Waals surface area (Å²) in [5, 5.41) is 13.8. The molecule has 2 rings (SSSR count). The topological polar surface area (TPSA) is 49.3 Å². The molecule has 110 valence electrons. The number of halogens is 2. The third-order valence-electron chi connectivity index (χ3n) is 3.97. The van der Waals surface area contributed by atoms with Gasteiger partial charge in [0, 0.05) is 6.54 Å². The molecule has 1 amide bonds. The van der Waals surface area contributed by atoms with Crippen molar-refractivity contribution in [3.8, 4) is 0 Å². The fourth-order valence-electron chi connectivity index (χ4n) is 2.52. The molecule has 1 aliphatic rings. The fraction of sp³-hybridized carbons (Fsp3) is 0.533. The summed E-state index contributed by atoms with van der Waals surface area (Å²) >= 11 is 12.0. The maximum atomic E-state index is 12.1. The van der Waals surface area contributed by atoms with Gasteiger partial charge in [-0.25, -0.2) is 0 Å². The van der Waals surface area contributed by atoms with Crippen LogP contribution in [-0.2, 0) is 0 Å². The van der Waals surface area contributed by atoms with Crippen molar-refractivity contribution in [2.75, 3.05) is 6.54 Å². The molecule has 0 radical (unpaired) electrons. The molecule has 0 spiro atoms. The summed E-state index contributed by atoms with van der Waals surface area (Å²) in [4.78, 5) is 12.1. The Morgan fingerprint density at radius 2 is 1.90 bits per heavy atom. The summed E-state index contributed by atoms with van der Waals surface area (Å²) in [6.07, 6.45) is 3.40. The molecule has 1 aromatic rings. The Balaban J connectivity index is 1.99. The van der Waals surface area contributed by atoms with Gasteiger partial charge < -0.3 is 10.4 Å². The first-order chi connectivity index (χ1) is 9.41. The zero-order valence-electron chi connectivity index (χ0n) is 11.5. The maximum Gasteiger partial charge on any atom is 0.254 e. The number of rotatable bonds is 3. The summed E-state index contributed by atoms with van der Waals surface area (Å²) in [5.74, 6) is 0.302. The lowest BCUT2D eigenvalue weighted by atomic mass is 9.79. The van der Waals surface area contributed by atoms with Crippen LogP contribution in [0.1, 0.15) is 43.0 Å².